The monoisotopic (exact) mass is 382 g/mol. The first-order valence-electron chi connectivity index (χ1n) is 9.70. The van der Waals surface area contributed by atoms with Crippen LogP contribution in [0.3, 0.4) is 0 Å². The zero-order valence-corrected chi connectivity index (χ0v) is 16.4. The lowest BCUT2D eigenvalue weighted by Crippen LogP contribution is -2.48. The number of hydrogen-bond donors (Lipinski definition) is 0. The third-order valence-corrected chi connectivity index (χ3v) is 5.32. The van der Waals surface area contributed by atoms with E-state index in [1.807, 2.05) is 28.9 Å². The van der Waals surface area contributed by atoms with Crippen LogP contribution in [0.15, 0.2) is 47.1 Å². The van der Waals surface area contributed by atoms with Gasteiger partial charge in [0, 0.05) is 31.9 Å². The Labute approximate surface area is 164 Å². The van der Waals surface area contributed by atoms with Crippen molar-refractivity contribution in [1.29, 1.82) is 0 Å². The Morgan fingerprint density at radius 1 is 1.11 bits per heavy atom. The molecule has 3 heterocycles. The zero-order chi connectivity index (χ0) is 19.3. The molecule has 0 saturated carbocycles. The number of methoxy groups -OCH3 is 1. The maximum atomic E-state index is 5.45. The molecule has 28 heavy (non-hydrogen) atoms. The van der Waals surface area contributed by atoms with Gasteiger partial charge in [0.05, 0.1) is 19.4 Å². The third kappa shape index (κ3) is 3.87. The molecule has 2 aromatic heterocycles. The van der Waals surface area contributed by atoms with Crippen molar-refractivity contribution in [3.63, 3.8) is 0 Å². The fourth-order valence-electron chi connectivity index (χ4n) is 3.80. The Bertz CT molecular complexity index is 853. The Hall–Kier alpha value is -2.87. The van der Waals surface area contributed by atoms with E-state index in [0.29, 0.717) is 6.54 Å². The molecule has 1 aliphatic rings. The molecule has 8 nitrogen and oxygen atoms in total. The van der Waals surface area contributed by atoms with Gasteiger partial charge in [0.25, 0.3) is 0 Å². The predicted molar refractivity (Wildman–Crippen MR) is 105 cm³/mol. The predicted octanol–water partition coefficient (Wildman–Crippen LogP) is 2.60. The minimum absolute atomic E-state index is 0.197. The SMILES string of the molecule is CCC(c1nnnn1Cc1ccco1)N1CCN(c2ccc(OC)cc2)CC1. The first-order valence-corrected chi connectivity index (χ1v) is 9.70. The molecule has 148 valence electrons. The van der Waals surface area contributed by atoms with Crippen LogP contribution >= 0.6 is 0 Å². The molecule has 0 radical (unpaired) electrons. The number of benzene rings is 1. The van der Waals surface area contributed by atoms with Crippen LogP contribution in [0.2, 0.25) is 0 Å². The zero-order valence-electron chi connectivity index (χ0n) is 16.4. The fourth-order valence-corrected chi connectivity index (χ4v) is 3.80. The van der Waals surface area contributed by atoms with Gasteiger partial charge in [0.2, 0.25) is 0 Å². The van der Waals surface area contributed by atoms with Gasteiger partial charge in [0.1, 0.15) is 18.1 Å². The molecule has 1 atom stereocenters. The van der Waals surface area contributed by atoms with E-state index in [1.54, 1.807) is 13.4 Å². The van der Waals surface area contributed by atoms with Gasteiger partial charge < -0.3 is 14.1 Å². The molecule has 3 aromatic rings. The van der Waals surface area contributed by atoms with E-state index in [1.165, 1.54) is 5.69 Å². The van der Waals surface area contributed by atoms with Crippen molar-refractivity contribution in [3.8, 4) is 5.75 Å². The lowest BCUT2D eigenvalue weighted by molar-refractivity contribution is 0.169. The van der Waals surface area contributed by atoms with Gasteiger partial charge in [-0.2, -0.15) is 0 Å². The first-order chi connectivity index (χ1) is 13.8. The smallest absolute Gasteiger partial charge is 0.168 e. The summed E-state index contributed by atoms with van der Waals surface area (Å²) in [5.41, 5.74) is 1.23. The van der Waals surface area contributed by atoms with E-state index < -0.39 is 0 Å². The highest BCUT2D eigenvalue weighted by atomic mass is 16.5. The summed E-state index contributed by atoms with van der Waals surface area (Å²) in [6, 6.07) is 12.3. The number of anilines is 1. The molecule has 8 heteroatoms. The highest BCUT2D eigenvalue weighted by Crippen LogP contribution is 2.26. The molecular weight excluding hydrogens is 356 g/mol. The van der Waals surface area contributed by atoms with Crippen molar-refractivity contribution in [2.75, 3.05) is 38.2 Å². The average molecular weight is 382 g/mol. The highest BCUT2D eigenvalue weighted by Gasteiger charge is 2.28. The normalized spacial score (nSPS) is 16.3. The van der Waals surface area contributed by atoms with E-state index in [9.17, 15) is 0 Å². The second-order valence-electron chi connectivity index (χ2n) is 6.92. The molecule has 0 amide bonds. The Kier molecular flexibility index (Phi) is 5.57. The highest BCUT2D eigenvalue weighted by molar-refractivity contribution is 5.49. The number of hydrogen-bond acceptors (Lipinski definition) is 7. The van der Waals surface area contributed by atoms with Crippen LogP contribution in [-0.2, 0) is 6.54 Å². The Morgan fingerprint density at radius 3 is 2.54 bits per heavy atom. The summed E-state index contributed by atoms with van der Waals surface area (Å²) in [5, 5.41) is 12.4. The minimum Gasteiger partial charge on any atom is -0.497 e. The summed E-state index contributed by atoms with van der Waals surface area (Å²) in [6.07, 6.45) is 2.64. The van der Waals surface area contributed by atoms with Gasteiger partial charge in [-0.05, 0) is 53.2 Å². The van der Waals surface area contributed by atoms with Crippen LogP contribution < -0.4 is 9.64 Å². The number of nitrogens with zero attached hydrogens (tertiary/aromatic N) is 6. The van der Waals surface area contributed by atoms with E-state index in [2.05, 4.69) is 44.4 Å². The van der Waals surface area contributed by atoms with Crippen molar-refractivity contribution < 1.29 is 9.15 Å². The largest absolute Gasteiger partial charge is 0.497 e. The molecule has 1 unspecified atom stereocenters. The van der Waals surface area contributed by atoms with Crippen molar-refractivity contribution >= 4 is 5.69 Å². The maximum absolute atomic E-state index is 5.45. The van der Waals surface area contributed by atoms with Crippen LogP contribution in [0, 0.1) is 0 Å². The van der Waals surface area contributed by atoms with Gasteiger partial charge in [-0.1, -0.05) is 6.92 Å². The molecule has 1 aliphatic heterocycles. The fraction of sp³-hybridized carbons (Fsp3) is 0.450. The molecule has 1 saturated heterocycles. The lowest BCUT2D eigenvalue weighted by atomic mass is 10.1. The van der Waals surface area contributed by atoms with Crippen LogP contribution in [0.4, 0.5) is 5.69 Å². The average Bonchev–Trinajstić information content (AvgIpc) is 3.42. The molecule has 0 aliphatic carbocycles. The van der Waals surface area contributed by atoms with Crippen molar-refractivity contribution in [1.82, 2.24) is 25.1 Å². The van der Waals surface area contributed by atoms with Crippen molar-refractivity contribution in [2.45, 2.75) is 25.9 Å². The Balaban J connectivity index is 1.42. The van der Waals surface area contributed by atoms with E-state index in [-0.39, 0.29) is 6.04 Å². The van der Waals surface area contributed by atoms with E-state index in [0.717, 1.165) is 49.9 Å². The number of ether oxygens (including phenoxy) is 1. The number of furan rings is 1. The van der Waals surface area contributed by atoms with E-state index in [4.69, 9.17) is 9.15 Å². The van der Waals surface area contributed by atoms with Gasteiger partial charge in [-0.25, -0.2) is 4.68 Å². The van der Waals surface area contributed by atoms with Gasteiger partial charge in [-0.15, -0.1) is 5.10 Å². The minimum atomic E-state index is 0.197. The molecule has 4 rings (SSSR count). The van der Waals surface area contributed by atoms with Gasteiger partial charge in [-0.3, -0.25) is 4.90 Å². The van der Waals surface area contributed by atoms with Crippen LogP contribution in [-0.4, -0.2) is 58.4 Å². The summed E-state index contributed by atoms with van der Waals surface area (Å²) in [7, 11) is 1.69. The third-order valence-electron chi connectivity index (χ3n) is 5.32. The molecule has 1 fully saturated rings. The number of tetrazole rings is 1. The molecule has 0 spiro atoms. The number of piperazine rings is 1. The summed E-state index contributed by atoms with van der Waals surface area (Å²) in [4.78, 5) is 4.89. The number of aromatic nitrogens is 4. The molecule has 1 aromatic carbocycles. The van der Waals surface area contributed by atoms with Crippen molar-refractivity contribution in [2.24, 2.45) is 0 Å². The van der Waals surface area contributed by atoms with Crippen molar-refractivity contribution in [3.05, 3.63) is 54.2 Å². The quantitative estimate of drug-likeness (QED) is 0.622. The van der Waals surface area contributed by atoms with Crippen LogP contribution in [0.1, 0.15) is 31.0 Å². The van der Waals surface area contributed by atoms with Gasteiger partial charge in [0.15, 0.2) is 5.82 Å². The standard InChI is InChI=1S/C20H26N6O2/c1-3-19(20-21-22-23-26(20)15-18-5-4-14-28-18)25-12-10-24(11-13-25)16-6-8-17(27-2)9-7-16/h4-9,14,19H,3,10-13,15H2,1-2H3. The molecule has 0 bridgehead atoms. The lowest BCUT2D eigenvalue weighted by Gasteiger charge is -2.39. The summed E-state index contributed by atoms with van der Waals surface area (Å²) in [6.45, 7) is 6.63. The second kappa shape index (κ2) is 8.43. The summed E-state index contributed by atoms with van der Waals surface area (Å²) >= 11 is 0. The van der Waals surface area contributed by atoms with Crippen LogP contribution in [0.25, 0.3) is 0 Å². The number of rotatable bonds is 7. The summed E-state index contributed by atoms with van der Waals surface area (Å²) in [5.74, 6) is 2.64. The summed E-state index contributed by atoms with van der Waals surface area (Å²) < 4.78 is 12.6. The maximum Gasteiger partial charge on any atom is 0.168 e. The molecule has 0 N–H and O–H groups in total. The van der Waals surface area contributed by atoms with Gasteiger partial charge >= 0.3 is 0 Å². The Morgan fingerprint density at radius 2 is 1.89 bits per heavy atom. The first kappa shape index (κ1) is 18.5. The molecular formula is C20H26N6O2. The topological polar surface area (TPSA) is 72.5 Å². The van der Waals surface area contributed by atoms with Crippen LogP contribution in [0.5, 0.6) is 5.75 Å². The second-order valence-corrected chi connectivity index (χ2v) is 6.92. The van der Waals surface area contributed by atoms with E-state index >= 15 is 0 Å².